The maximum atomic E-state index is 12.7. The Bertz CT molecular complexity index is 741. The number of H-pyrrole nitrogens is 1. The number of urea groups is 1. The van der Waals surface area contributed by atoms with Crippen molar-refractivity contribution in [3.63, 3.8) is 0 Å². The minimum atomic E-state index is -0.0120. The standard InChI is InChI=1S/C19H24N4O2/c1-12-18(13(2)22-21-12)16-7-5-9-23(16)19(24)20-11-15-10-14-6-3-4-8-17(14)25-15/h3-4,6,8,15-16H,5,7,9-11H2,1-2H3,(H,20,24)(H,21,22). The number of carbonyl (C=O) groups excluding carboxylic acids is 1. The highest BCUT2D eigenvalue weighted by atomic mass is 16.5. The lowest BCUT2D eigenvalue weighted by Gasteiger charge is -2.26. The lowest BCUT2D eigenvalue weighted by Crippen LogP contribution is -2.43. The van der Waals surface area contributed by atoms with Crippen LogP contribution in [0.4, 0.5) is 4.79 Å². The van der Waals surface area contributed by atoms with E-state index in [2.05, 4.69) is 21.6 Å². The van der Waals surface area contributed by atoms with E-state index < -0.39 is 0 Å². The number of fused-ring (bicyclic) bond motifs is 1. The number of aromatic amines is 1. The van der Waals surface area contributed by atoms with E-state index in [1.807, 2.05) is 36.9 Å². The first-order valence-corrected chi connectivity index (χ1v) is 8.94. The van der Waals surface area contributed by atoms with Gasteiger partial charge >= 0.3 is 6.03 Å². The molecule has 2 aliphatic heterocycles. The van der Waals surface area contributed by atoms with Crippen molar-refractivity contribution in [1.82, 2.24) is 20.4 Å². The van der Waals surface area contributed by atoms with E-state index in [4.69, 9.17) is 4.74 Å². The number of nitrogens with zero attached hydrogens (tertiary/aromatic N) is 2. The van der Waals surface area contributed by atoms with Crippen molar-refractivity contribution in [1.29, 1.82) is 0 Å². The molecule has 1 saturated heterocycles. The van der Waals surface area contributed by atoms with Crippen LogP contribution in [0.5, 0.6) is 5.75 Å². The molecule has 1 aromatic heterocycles. The Kier molecular flexibility index (Phi) is 4.11. The Labute approximate surface area is 147 Å². The SMILES string of the molecule is Cc1n[nH]c(C)c1C1CCCN1C(=O)NCC1Cc2ccccc2O1. The van der Waals surface area contributed by atoms with Crippen LogP contribution in [0.3, 0.4) is 0 Å². The topological polar surface area (TPSA) is 70.2 Å². The van der Waals surface area contributed by atoms with Gasteiger partial charge in [-0.05, 0) is 38.3 Å². The Morgan fingerprint density at radius 2 is 2.24 bits per heavy atom. The molecule has 2 unspecified atom stereocenters. The van der Waals surface area contributed by atoms with Gasteiger partial charge in [-0.25, -0.2) is 4.79 Å². The minimum Gasteiger partial charge on any atom is -0.488 e. The molecule has 0 radical (unpaired) electrons. The van der Waals surface area contributed by atoms with Crippen molar-refractivity contribution in [2.45, 2.75) is 45.3 Å². The fourth-order valence-electron chi connectivity index (χ4n) is 4.03. The second-order valence-electron chi connectivity index (χ2n) is 6.94. The van der Waals surface area contributed by atoms with Crippen LogP contribution in [-0.2, 0) is 6.42 Å². The monoisotopic (exact) mass is 340 g/mol. The van der Waals surface area contributed by atoms with Gasteiger partial charge in [0.15, 0.2) is 0 Å². The molecular weight excluding hydrogens is 316 g/mol. The number of rotatable bonds is 3. The van der Waals surface area contributed by atoms with Crippen molar-refractivity contribution < 1.29 is 9.53 Å². The molecule has 0 bridgehead atoms. The largest absolute Gasteiger partial charge is 0.488 e. The highest BCUT2D eigenvalue weighted by Gasteiger charge is 2.33. The van der Waals surface area contributed by atoms with E-state index in [-0.39, 0.29) is 18.2 Å². The summed E-state index contributed by atoms with van der Waals surface area (Å²) in [6.45, 7) is 5.33. The molecule has 2 aliphatic rings. The number of nitrogens with one attached hydrogen (secondary N) is 2. The van der Waals surface area contributed by atoms with E-state index in [0.717, 1.165) is 48.5 Å². The zero-order valence-corrected chi connectivity index (χ0v) is 14.7. The molecule has 132 valence electrons. The van der Waals surface area contributed by atoms with Gasteiger partial charge in [0.05, 0.1) is 18.3 Å². The van der Waals surface area contributed by atoms with Crippen molar-refractivity contribution in [2.75, 3.05) is 13.1 Å². The van der Waals surface area contributed by atoms with Gasteiger partial charge in [0, 0.05) is 24.2 Å². The molecule has 0 spiro atoms. The van der Waals surface area contributed by atoms with E-state index >= 15 is 0 Å². The molecule has 1 fully saturated rings. The van der Waals surface area contributed by atoms with Crippen molar-refractivity contribution >= 4 is 6.03 Å². The predicted octanol–water partition coefficient (Wildman–Crippen LogP) is 2.88. The maximum Gasteiger partial charge on any atom is 0.318 e. The van der Waals surface area contributed by atoms with Gasteiger partial charge in [-0.1, -0.05) is 18.2 Å². The van der Waals surface area contributed by atoms with Gasteiger partial charge in [-0.3, -0.25) is 5.10 Å². The number of aryl methyl sites for hydroxylation is 2. The van der Waals surface area contributed by atoms with Crippen molar-refractivity contribution in [3.8, 4) is 5.75 Å². The summed E-state index contributed by atoms with van der Waals surface area (Å²) in [4.78, 5) is 14.7. The smallest absolute Gasteiger partial charge is 0.318 e. The van der Waals surface area contributed by atoms with Crippen LogP contribution in [-0.4, -0.2) is 40.3 Å². The number of para-hydroxylation sites is 1. The van der Waals surface area contributed by atoms with Crippen molar-refractivity contribution in [2.24, 2.45) is 0 Å². The van der Waals surface area contributed by atoms with Crippen LogP contribution in [0.2, 0.25) is 0 Å². The van der Waals surface area contributed by atoms with Crippen molar-refractivity contribution in [3.05, 3.63) is 46.8 Å². The summed E-state index contributed by atoms with van der Waals surface area (Å²) in [6, 6.07) is 8.16. The number of hydrogen-bond acceptors (Lipinski definition) is 3. The number of amides is 2. The van der Waals surface area contributed by atoms with Crippen LogP contribution < -0.4 is 10.1 Å². The molecule has 3 heterocycles. The average Bonchev–Trinajstić information content (AvgIpc) is 3.31. The summed E-state index contributed by atoms with van der Waals surface area (Å²) in [5.74, 6) is 0.936. The first-order valence-electron chi connectivity index (χ1n) is 8.94. The minimum absolute atomic E-state index is 0.0120. The highest BCUT2D eigenvalue weighted by molar-refractivity contribution is 5.75. The molecule has 2 N–H and O–H groups in total. The normalized spacial score (nSPS) is 21.9. The maximum absolute atomic E-state index is 12.7. The Hall–Kier alpha value is -2.50. The number of carbonyl (C=O) groups is 1. The van der Waals surface area contributed by atoms with E-state index in [1.54, 1.807) is 0 Å². The molecule has 4 rings (SSSR count). The van der Waals surface area contributed by atoms with E-state index in [0.29, 0.717) is 6.54 Å². The van der Waals surface area contributed by atoms with Gasteiger partial charge in [0.2, 0.25) is 0 Å². The van der Waals surface area contributed by atoms with Gasteiger partial charge in [0.1, 0.15) is 11.9 Å². The Balaban J connectivity index is 1.38. The van der Waals surface area contributed by atoms with Crippen LogP contribution in [0.25, 0.3) is 0 Å². The molecule has 25 heavy (non-hydrogen) atoms. The second kappa shape index (κ2) is 6.43. The van der Waals surface area contributed by atoms with Gasteiger partial charge in [0.25, 0.3) is 0 Å². The van der Waals surface area contributed by atoms with Gasteiger partial charge in [-0.2, -0.15) is 5.10 Å². The molecule has 1 aromatic carbocycles. The number of hydrogen-bond donors (Lipinski definition) is 2. The van der Waals surface area contributed by atoms with Crippen LogP contribution in [0, 0.1) is 13.8 Å². The van der Waals surface area contributed by atoms with E-state index in [9.17, 15) is 4.79 Å². The van der Waals surface area contributed by atoms with Gasteiger partial charge < -0.3 is 15.0 Å². The first-order chi connectivity index (χ1) is 12.1. The lowest BCUT2D eigenvalue weighted by atomic mass is 10.0. The third-order valence-corrected chi connectivity index (χ3v) is 5.23. The molecule has 2 atom stereocenters. The third-order valence-electron chi connectivity index (χ3n) is 5.23. The quantitative estimate of drug-likeness (QED) is 0.902. The molecule has 0 aliphatic carbocycles. The lowest BCUT2D eigenvalue weighted by molar-refractivity contribution is 0.180. The number of aromatic nitrogens is 2. The molecule has 0 saturated carbocycles. The highest BCUT2D eigenvalue weighted by Crippen LogP contribution is 2.35. The Morgan fingerprint density at radius 3 is 3.00 bits per heavy atom. The average molecular weight is 340 g/mol. The summed E-state index contributed by atoms with van der Waals surface area (Å²) >= 11 is 0. The molecule has 6 nitrogen and oxygen atoms in total. The van der Waals surface area contributed by atoms with Crippen LogP contribution in [0.1, 0.15) is 41.4 Å². The summed E-state index contributed by atoms with van der Waals surface area (Å²) in [5.41, 5.74) is 4.41. The summed E-state index contributed by atoms with van der Waals surface area (Å²) < 4.78 is 5.91. The molecule has 2 amide bonds. The van der Waals surface area contributed by atoms with Gasteiger partial charge in [-0.15, -0.1) is 0 Å². The summed E-state index contributed by atoms with van der Waals surface area (Å²) in [5, 5.41) is 10.4. The third kappa shape index (κ3) is 2.97. The van der Waals surface area contributed by atoms with Crippen LogP contribution >= 0.6 is 0 Å². The fourth-order valence-corrected chi connectivity index (χ4v) is 4.03. The number of ether oxygens (including phenoxy) is 1. The summed E-state index contributed by atoms with van der Waals surface area (Å²) in [7, 11) is 0. The van der Waals surface area contributed by atoms with Crippen LogP contribution in [0.15, 0.2) is 24.3 Å². The number of benzene rings is 1. The Morgan fingerprint density at radius 1 is 1.40 bits per heavy atom. The fraction of sp³-hybridized carbons (Fsp3) is 0.474. The van der Waals surface area contributed by atoms with E-state index in [1.165, 1.54) is 5.56 Å². The molecular formula is C19H24N4O2. The predicted molar refractivity (Wildman–Crippen MR) is 94.7 cm³/mol. The first kappa shape index (κ1) is 16.0. The molecule has 6 heteroatoms. The molecule has 2 aromatic rings. The number of likely N-dealkylation sites (tertiary alicyclic amines) is 1. The second-order valence-corrected chi connectivity index (χ2v) is 6.94. The summed E-state index contributed by atoms with van der Waals surface area (Å²) in [6.07, 6.45) is 2.87. The zero-order valence-electron chi connectivity index (χ0n) is 14.7. The zero-order chi connectivity index (χ0) is 17.4.